The van der Waals surface area contributed by atoms with E-state index in [2.05, 4.69) is 25.9 Å². The summed E-state index contributed by atoms with van der Waals surface area (Å²) in [7, 11) is 1.79. The largest absolute Gasteiger partial charge is 0.372 e. The van der Waals surface area contributed by atoms with Crippen molar-refractivity contribution in [1.82, 2.24) is 15.3 Å². The van der Waals surface area contributed by atoms with Crippen molar-refractivity contribution in [2.24, 2.45) is 0 Å². The molecule has 2 rings (SSSR count). The van der Waals surface area contributed by atoms with Gasteiger partial charge in [0.1, 0.15) is 11.6 Å². The standard InChI is InChI=1S/C11H17N5O/c1-12-9-6-13-7-10(16-9)14-5-4-11(17)15-8-2-3-8/h6-8H,2-5H2,1H3,(H,15,17)(H2,12,14,16). The van der Waals surface area contributed by atoms with Crippen molar-refractivity contribution in [2.45, 2.75) is 25.3 Å². The zero-order chi connectivity index (χ0) is 12.1. The summed E-state index contributed by atoms with van der Waals surface area (Å²) in [5.74, 6) is 1.48. The summed E-state index contributed by atoms with van der Waals surface area (Å²) >= 11 is 0. The van der Waals surface area contributed by atoms with E-state index in [-0.39, 0.29) is 5.91 Å². The lowest BCUT2D eigenvalue weighted by Gasteiger charge is -2.06. The lowest BCUT2D eigenvalue weighted by atomic mass is 10.4. The number of hydrogen-bond acceptors (Lipinski definition) is 5. The second-order valence-electron chi connectivity index (χ2n) is 4.06. The Hall–Kier alpha value is -1.85. The van der Waals surface area contributed by atoms with E-state index < -0.39 is 0 Å². The van der Waals surface area contributed by atoms with Gasteiger partial charge in [0.15, 0.2) is 0 Å². The van der Waals surface area contributed by atoms with Crippen LogP contribution < -0.4 is 16.0 Å². The molecule has 1 heterocycles. The maximum Gasteiger partial charge on any atom is 0.221 e. The topological polar surface area (TPSA) is 78.9 Å². The van der Waals surface area contributed by atoms with Gasteiger partial charge in [0.2, 0.25) is 5.91 Å². The molecule has 1 fully saturated rings. The van der Waals surface area contributed by atoms with Crippen molar-refractivity contribution < 1.29 is 4.79 Å². The lowest BCUT2D eigenvalue weighted by molar-refractivity contribution is -0.120. The molecule has 1 aliphatic rings. The maximum atomic E-state index is 11.4. The molecule has 6 nitrogen and oxygen atoms in total. The van der Waals surface area contributed by atoms with Crippen molar-refractivity contribution in [3.05, 3.63) is 12.4 Å². The fourth-order valence-corrected chi connectivity index (χ4v) is 1.40. The summed E-state index contributed by atoms with van der Waals surface area (Å²) in [6.07, 6.45) is 5.98. The van der Waals surface area contributed by atoms with Gasteiger partial charge in [-0.25, -0.2) is 4.98 Å². The van der Waals surface area contributed by atoms with E-state index >= 15 is 0 Å². The normalized spacial score (nSPS) is 14.2. The van der Waals surface area contributed by atoms with E-state index in [4.69, 9.17) is 0 Å². The van der Waals surface area contributed by atoms with E-state index in [0.717, 1.165) is 12.8 Å². The summed E-state index contributed by atoms with van der Waals surface area (Å²) in [4.78, 5) is 19.7. The number of carbonyl (C=O) groups excluding carboxylic acids is 1. The highest BCUT2D eigenvalue weighted by atomic mass is 16.1. The van der Waals surface area contributed by atoms with Crippen LogP contribution in [0.5, 0.6) is 0 Å². The monoisotopic (exact) mass is 235 g/mol. The van der Waals surface area contributed by atoms with Crippen molar-refractivity contribution in [1.29, 1.82) is 0 Å². The Balaban J connectivity index is 1.71. The fourth-order valence-electron chi connectivity index (χ4n) is 1.40. The molecule has 0 radical (unpaired) electrons. The van der Waals surface area contributed by atoms with Gasteiger partial charge in [0, 0.05) is 26.1 Å². The van der Waals surface area contributed by atoms with Crippen LogP contribution in [0.1, 0.15) is 19.3 Å². The van der Waals surface area contributed by atoms with Crippen LogP contribution in [-0.2, 0) is 4.79 Å². The summed E-state index contributed by atoms with van der Waals surface area (Å²) < 4.78 is 0. The van der Waals surface area contributed by atoms with Crippen LogP contribution in [0.15, 0.2) is 12.4 Å². The molecule has 6 heteroatoms. The molecule has 0 aliphatic heterocycles. The molecule has 17 heavy (non-hydrogen) atoms. The second kappa shape index (κ2) is 5.47. The molecule has 1 aromatic heterocycles. The number of carbonyl (C=O) groups is 1. The first-order valence-electron chi connectivity index (χ1n) is 5.81. The smallest absolute Gasteiger partial charge is 0.221 e. The summed E-state index contributed by atoms with van der Waals surface area (Å²) in [5.41, 5.74) is 0. The molecule has 0 bridgehead atoms. The van der Waals surface area contributed by atoms with Gasteiger partial charge in [-0.1, -0.05) is 0 Å². The average Bonchev–Trinajstić information content (AvgIpc) is 3.13. The molecule has 3 N–H and O–H groups in total. The molecule has 1 aliphatic carbocycles. The number of nitrogens with zero attached hydrogens (tertiary/aromatic N) is 2. The molecule has 0 aromatic carbocycles. The third-order valence-electron chi connectivity index (χ3n) is 2.49. The Labute approximate surface area is 100 Å². The first-order valence-corrected chi connectivity index (χ1v) is 5.81. The molecule has 92 valence electrons. The molecule has 1 amide bonds. The second-order valence-corrected chi connectivity index (χ2v) is 4.06. The Morgan fingerprint density at radius 2 is 2.18 bits per heavy atom. The average molecular weight is 235 g/mol. The summed E-state index contributed by atoms with van der Waals surface area (Å²) in [5, 5.41) is 8.91. The number of aromatic nitrogens is 2. The molecular weight excluding hydrogens is 218 g/mol. The highest BCUT2D eigenvalue weighted by Crippen LogP contribution is 2.18. The van der Waals surface area contributed by atoms with Crippen LogP contribution in [0.25, 0.3) is 0 Å². The highest BCUT2D eigenvalue weighted by molar-refractivity contribution is 5.77. The number of rotatable bonds is 6. The molecule has 0 saturated heterocycles. The Morgan fingerprint density at radius 3 is 2.88 bits per heavy atom. The maximum absolute atomic E-state index is 11.4. The Morgan fingerprint density at radius 1 is 1.41 bits per heavy atom. The minimum atomic E-state index is 0.0951. The third kappa shape index (κ3) is 3.90. The molecule has 1 saturated carbocycles. The van der Waals surface area contributed by atoms with Gasteiger partial charge in [-0.05, 0) is 12.8 Å². The van der Waals surface area contributed by atoms with Crippen LogP contribution in [0.4, 0.5) is 11.6 Å². The Kier molecular flexibility index (Phi) is 3.74. The van der Waals surface area contributed by atoms with Gasteiger partial charge in [0.05, 0.1) is 12.4 Å². The van der Waals surface area contributed by atoms with E-state index in [9.17, 15) is 4.79 Å². The zero-order valence-corrected chi connectivity index (χ0v) is 9.86. The van der Waals surface area contributed by atoms with E-state index in [1.807, 2.05) is 0 Å². The van der Waals surface area contributed by atoms with Crippen LogP contribution in [0, 0.1) is 0 Å². The number of nitrogens with one attached hydrogen (secondary N) is 3. The minimum Gasteiger partial charge on any atom is -0.372 e. The van der Waals surface area contributed by atoms with Gasteiger partial charge in [0.25, 0.3) is 0 Å². The first kappa shape index (κ1) is 11.6. The quantitative estimate of drug-likeness (QED) is 0.673. The third-order valence-corrected chi connectivity index (χ3v) is 2.49. The minimum absolute atomic E-state index is 0.0951. The van der Waals surface area contributed by atoms with Crippen molar-refractivity contribution >= 4 is 17.5 Å². The Bertz CT molecular complexity index is 391. The number of anilines is 2. The molecule has 0 atom stereocenters. The highest BCUT2D eigenvalue weighted by Gasteiger charge is 2.22. The van der Waals surface area contributed by atoms with Gasteiger partial charge in [-0.3, -0.25) is 9.78 Å². The summed E-state index contributed by atoms with van der Waals surface area (Å²) in [6.45, 7) is 0.570. The van der Waals surface area contributed by atoms with Crippen molar-refractivity contribution in [2.75, 3.05) is 24.2 Å². The molecule has 0 unspecified atom stereocenters. The van der Waals surface area contributed by atoms with Gasteiger partial charge >= 0.3 is 0 Å². The van der Waals surface area contributed by atoms with Crippen LogP contribution in [-0.4, -0.2) is 35.5 Å². The predicted octanol–water partition coefficient (Wildman–Crippen LogP) is 0.599. The van der Waals surface area contributed by atoms with Crippen LogP contribution in [0.2, 0.25) is 0 Å². The first-order chi connectivity index (χ1) is 8.28. The van der Waals surface area contributed by atoms with Crippen LogP contribution >= 0.6 is 0 Å². The SMILES string of the molecule is CNc1cncc(NCCC(=O)NC2CC2)n1. The molecule has 1 aromatic rings. The van der Waals surface area contributed by atoms with Gasteiger partial charge in [-0.2, -0.15) is 0 Å². The lowest BCUT2D eigenvalue weighted by Crippen LogP contribution is -2.27. The van der Waals surface area contributed by atoms with E-state index in [1.165, 1.54) is 0 Å². The van der Waals surface area contributed by atoms with Gasteiger partial charge < -0.3 is 16.0 Å². The number of amides is 1. The number of hydrogen-bond donors (Lipinski definition) is 3. The van der Waals surface area contributed by atoms with Crippen molar-refractivity contribution in [3.63, 3.8) is 0 Å². The van der Waals surface area contributed by atoms with Gasteiger partial charge in [-0.15, -0.1) is 0 Å². The van der Waals surface area contributed by atoms with E-state index in [1.54, 1.807) is 19.4 Å². The predicted molar refractivity (Wildman–Crippen MR) is 65.9 cm³/mol. The fraction of sp³-hybridized carbons (Fsp3) is 0.545. The zero-order valence-electron chi connectivity index (χ0n) is 9.86. The van der Waals surface area contributed by atoms with Crippen molar-refractivity contribution in [3.8, 4) is 0 Å². The molecular formula is C11H17N5O. The van der Waals surface area contributed by atoms with Crippen LogP contribution in [0.3, 0.4) is 0 Å². The van der Waals surface area contributed by atoms with E-state index in [0.29, 0.717) is 30.6 Å². The molecule has 0 spiro atoms. The summed E-state index contributed by atoms with van der Waals surface area (Å²) in [6, 6.07) is 0.426.